The first-order valence-electron chi connectivity index (χ1n) is 13.1. The van der Waals surface area contributed by atoms with Crippen molar-refractivity contribution in [2.24, 2.45) is 40.9 Å². The Morgan fingerprint density at radius 1 is 0.966 bits per heavy atom. The van der Waals surface area contributed by atoms with Gasteiger partial charge in [0.05, 0.1) is 11.2 Å². The molecule has 0 aromatic heterocycles. The van der Waals surface area contributed by atoms with E-state index in [1.54, 1.807) is 0 Å². The van der Waals surface area contributed by atoms with Crippen LogP contribution in [0.5, 0.6) is 0 Å². The van der Waals surface area contributed by atoms with Crippen molar-refractivity contribution in [3.05, 3.63) is 0 Å². The third-order valence-electron chi connectivity index (χ3n) is 10.8. The van der Waals surface area contributed by atoms with E-state index >= 15 is 0 Å². The van der Waals surface area contributed by atoms with Crippen molar-refractivity contribution in [1.29, 1.82) is 0 Å². The quantitative estimate of drug-likeness (QED) is 0.515. The summed E-state index contributed by atoms with van der Waals surface area (Å²) in [5, 5.41) is 21.2. The Hall–Kier alpha value is -0.0800. The van der Waals surface area contributed by atoms with Gasteiger partial charge in [0.1, 0.15) is 0 Å². The van der Waals surface area contributed by atoms with E-state index in [0.29, 0.717) is 5.41 Å². The number of aliphatic hydroxyl groups is 2. The van der Waals surface area contributed by atoms with Crippen LogP contribution in [0.2, 0.25) is 0 Å². The van der Waals surface area contributed by atoms with Crippen molar-refractivity contribution in [3.63, 3.8) is 0 Å². The van der Waals surface area contributed by atoms with Crippen LogP contribution in [0.15, 0.2) is 0 Å². The summed E-state index contributed by atoms with van der Waals surface area (Å²) in [5.74, 6) is 5.03. The van der Waals surface area contributed by atoms with Crippen molar-refractivity contribution in [1.82, 2.24) is 0 Å². The van der Waals surface area contributed by atoms with Gasteiger partial charge in [0, 0.05) is 0 Å². The number of hydrogen-bond acceptors (Lipinski definition) is 2. The predicted molar refractivity (Wildman–Crippen MR) is 121 cm³/mol. The minimum atomic E-state index is -0.386. The molecule has 2 heteroatoms. The Balaban J connectivity index is 1.45. The first-order valence-corrected chi connectivity index (χ1v) is 13.1. The molecule has 0 aliphatic heterocycles. The first-order chi connectivity index (χ1) is 13.7. The molecule has 1 unspecified atom stereocenters. The Labute approximate surface area is 180 Å². The van der Waals surface area contributed by atoms with Gasteiger partial charge in [-0.1, -0.05) is 47.0 Å². The van der Waals surface area contributed by atoms with Gasteiger partial charge in [-0.2, -0.15) is 0 Å². The lowest BCUT2D eigenvalue weighted by molar-refractivity contribution is -0.126. The molecular weight excluding hydrogens is 356 g/mol. The largest absolute Gasteiger partial charge is 0.390 e. The highest BCUT2D eigenvalue weighted by atomic mass is 16.3. The fourth-order valence-corrected chi connectivity index (χ4v) is 7.99. The van der Waals surface area contributed by atoms with Gasteiger partial charge < -0.3 is 10.2 Å². The second-order valence-corrected chi connectivity index (χ2v) is 12.5. The monoisotopic (exact) mass is 404 g/mol. The zero-order valence-electron chi connectivity index (χ0n) is 19.8. The molecule has 4 saturated carbocycles. The van der Waals surface area contributed by atoms with Crippen molar-refractivity contribution < 1.29 is 10.2 Å². The second-order valence-electron chi connectivity index (χ2n) is 12.5. The van der Waals surface area contributed by atoms with Crippen LogP contribution in [0.3, 0.4) is 0 Å². The average molecular weight is 405 g/mol. The van der Waals surface area contributed by atoms with Crippen LogP contribution < -0.4 is 0 Å². The van der Waals surface area contributed by atoms with Gasteiger partial charge in [-0.15, -0.1) is 0 Å². The molecule has 2 N–H and O–H groups in total. The molecule has 4 aliphatic carbocycles. The molecule has 2 nitrogen and oxygen atoms in total. The highest BCUT2D eigenvalue weighted by molar-refractivity contribution is 5.05. The predicted octanol–water partition coefficient (Wildman–Crippen LogP) is 6.73. The number of hydrogen-bond donors (Lipinski definition) is 2. The molecule has 4 rings (SSSR count). The van der Waals surface area contributed by atoms with E-state index in [1.165, 1.54) is 51.4 Å². The Kier molecular flexibility index (Phi) is 6.19. The maximum absolute atomic E-state index is 11.0. The van der Waals surface area contributed by atoms with E-state index in [0.717, 1.165) is 74.0 Å². The SMILES string of the molecule is CC[C@]1(O)CC[C@@]2(C)[C@@H](CC[C@H]3[C@@H](C)CCC([C@H](C)CCCC4(O)CC4)C[C@@H]32)C1. The molecule has 8 atom stereocenters. The number of fused-ring (bicyclic) bond motifs is 3. The topological polar surface area (TPSA) is 40.5 Å². The molecule has 0 saturated heterocycles. The zero-order valence-corrected chi connectivity index (χ0v) is 19.8. The second kappa shape index (κ2) is 8.12. The molecule has 0 amide bonds. The molecule has 4 fully saturated rings. The lowest BCUT2D eigenvalue weighted by Gasteiger charge is -2.58. The van der Waals surface area contributed by atoms with E-state index < -0.39 is 0 Å². The van der Waals surface area contributed by atoms with Crippen LogP contribution >= 0.6 is 0 Å². The Bertz CT molecular complexity index is 569. The van der Waals surface area contributed by atoms with E-state index in [1.807, 2.05) is 0 Å². The van der Waals surface area contributed by atoms with Crippen molar-refractivity contribution in [2.45, 2.75) is 129 Å². The zero-order chi connectivity index (χ0) is 20.9. The van der Waals surface area contributed by atoms with Gasteiger partial charge in [0.15, 0.2) is 0 Å². The Morgan fingerprint density at radius 3 is 2.38 bits per heavy atom. The van der Waals surface area contributed by atoms with Gasteiger partial charge >= 0.3 is 0 Å². The molecule has 0 heterocycles. The standard InChI is InChI=1S/C27H48O2/c1-5-26(28)14-13-25(4)22(18-26)10-11-23-20(3)8-9-21(17-24(23)25)19(2)7-6-12-27(29)15-16-27/h19-24,28-29H,5-18H2,1-4H3/t19-,20+,21?,22+,23+,24+,25+,26+/m1/s1. The molecular formula is C27H48O2. The minimum Gasteiger partial charge on any atom is -0.390 e. The van der Waals surface area contributed by atoms with Gasteiger partial charge in [-0.25, -0.2) is 0 Å². The van der Waals surface area contributed by atoms with E-state index in [-0.39, 0.29) is 11.2 Å². The normalized spacial score (nSPS) is 47.6. The summed E-state index contributed by atoms with van der Waals surface area (Å²) in [6.45, 7) is 9.85. The molecule has 4 aliphatic rings. The summed E-state index contributed by atoms with van der Waals surface area (Å²) < 4.78 is 0. The number of rotatable bonds is 6. The van der Waals surface area contributed by atoms with Crippen LogP contribution in [0.4, 0.5) is 0 Å². The lowest BCUT2D eigenvalue weighted by Crippen LogP contribution is -2.52. The summed E-state index contributed by atoms with van der Waals surface area (Å²) in [6.07, 6.45) is 16.9. The summed E-state index contributed by atoms with van der Waals surface area (Å²) >= 11 is 0. The molecule has 168 valence electrons. The fourth-order valence-electron chi connectivity index (χ4n) is 7.99. The van der Waals surface area contributed by atoms with Gasteiger partial charge in [-0.05, 0) is 112 Å². The van der Waals surface area contributed by atoms with Crippen molar-refractivity contribution in [2.75, 3.05) is 0 Å². The maximum atomic E-state index is 11.0. The summed E-state index contributed by atoms with van der Waals surface area (Å²) in [4.78, 5) is 0. The van der Waals surface area contributed by atoms with Crippen LogP contribution in [0, 0.1) is 40.9 Å². The highest BCUT2D eigenvalue weighted by Crippen LogP contribution is 2.62. The third kappa shape index (κ3) is 4.45. The van der Waals surface area contributed by atoms with Crippen molar-refractivity contribution in [3.8, 4) is 0 Å². The third-order valence-corrected chi connectivity index (χ3v) is 10.8. The summed E-state index contributed by atoms with van der Waals surface area (Å²) in [5.41, 5.74) is -0.210. The first kappa shape index (κ1) is 22.1. The summed E-state index contributed by atoms with van der Waals surface area (Å²) in [7, 11) is 0. The molecule has 0 radical (unpaired) electrons. The molecule has 29 heavy (non-hydrogen) atoms. The molecule has 0 aromatic carbocycles. The fraction of sp³-hybridized carbons (Fsp3) is 1.00. The molecule has 0 aromatic rings. The smallest absolute Gasteiger partial charge is 0.0650 e. The summed E-state index contributed by atoms with van der Waals surface area (Å²) in [6, 6.07) is 0. The lowest BCUT2D eigenvalue weighted by atomic mass is 9.48. The molecule has 0 spiro atoms. The van der Waals surface area contributed by atoms with Crippen LogP contribution in [0.1, 0.15) is 118 Å². The van der Waals surface area contributed by atoms with Crippen LogP contribution in [-0.2, 0) is 0 Å². The van der Waals surface area contributed by atoms with Gasteiger partial charge in [0.2, 0.25) is 0 Å². The Morgan fingerprint density at radius 2 is 1.69 bits per heavy atom. The molecule has 0 bridgehead atoms. The van der Waals surface area contributed by atoms with Gasteiger partial charge in [0.25, 0.3) is 0 Å². The highest BCUT2D eigenvalue weighted by Gasteiger charge is 2.55. The minimum absolute atomic E-state index is 0.273. The van der Waals surface area contributed by atoms with Gasteiger partial charge in [-0.3, -0.25) is 0 Å². The van der Waals surface area contributed by atoms with E-state index in [9.17, 15) is 10.2 Å². The van der Waals surface area contributed by atoms with Crippen LogP contribution in [0.25, 0.3) is 0 Å². The van der Waals surface area contributed by atoms with Crippen LogP contribution in [-0.4, -0.2) is 21.4 Å². The van der Waals surface area contributed by atoms with E-state index in [2.05, 4.69) is 27.7 Å². The average Bonchev–Trinajstić information content (AvgIpc) is 3.45. The maximum Gasteiger partial charge on any atom is 0.0650 e. The van der Waals surface area contributed by atoms with Crippen molar-refractivity contribution >= 4 is 0 Å². The van der Waals surface area contributed by atoms with E-state index in [4.69, 9.17) is 0 Å².